The van der Waals surface area contributed by atoms with Crippen LogP contribution in [0.3, 0.4) is 0 Å². The Labute approximate surface area is 175 Å². The lowest BCUT2D eigenvalue weighted by Crippen LogP contribution is -2.61. The molecular formula is C21H24N6O2S. The summed E-state index contributed by atoms with van der Waals surface area (Å²) in [6.07, 6.45) is 3.97. The molecule has 0 bridgehead atoms. The highest BCUT2D eigenvalue weighted by Crippen LogP contribution is 2.50. The van der Waals surface area contributed by atoms with Gasteiger partial charge in [-0.05, 0) is 32.0 Å². The number of hydrogen-bond donors (Lipinski definition) is 1. The van der Waals surface area contributed by atoms with E-state index in [2.05, 4.69) is 27.1 Å². The first-order chi connectivity index (χ1) is 14.5. The Morgan fingerprint density at radius 3 is 2.73 bits per heavy atom. The number of para-hydroxylation sites is 1. The third-order valence-electron chi connectivity index (χ3n) is 6.81. The van der Waals surface area contributed by atoms with E-state index in [-0.39, 0.29) is 16.2 Å². The van der Waals surface area contributed by atoms with E-state index in [1.54, 1.807) is 22.6 Å². The molecule has 3 aliphatic rings. The van der Waals surface area contributed by atoms with E-state index in [9.17, 15) is 8.42 Å². The highest BCUT2D eigenvalue weighted by molar-refractivity contribution is 7.89. The zero-order valence-electron chi connectivity index (χ0n) is 16.8. The van der Waals surface area contributed by atoms with Crippen LogP contribution in [0.1, 0.15) is 36.3 Å². The summed E-state index contributed by atoms with van der Waals surface area (Å²) in [6, 6.07) is 9.05. The van der Waals surface area contributed by atoms with Gasteiger partial charge in [0.2, 0.25) is 10.0 Å². The van der Waals surface area contributed by atoms with Crippen LogP contribution in [-0.4, -0.2) is 71.0 Å². The lowest BCUT2D eigenvalue weighted by Gasteiger charge is -2.49. The summed E-state index contributed by atoms with van der Waals surface area (Å²) in [5, 5.41) is 8.42. The Hall–Kier alpha value is -2.36. The number of nitrogens with zero attached hydrogens (tertiary/aromatic N) is 5. The van der Waals surface area contributed by atoms with Crippen LogP contribution in [0.5, 0.6) is 0 Å². The van der Waals surface area contributed by atoms with Gasteiger partial charge in [-0.3, -0.25) is 10.1 Å². The van der Waals surface area contributed by atoms with Gasteiger partial charge in [0.15, 0.2) is 5.82 Å². The summed E-state index contributed by atoms with van der Waals surface area (Å²) in [5.41, 5.74) is 0.408. The summed E-state index contributed by atoms with van der Waals surface area (Å²) in [6.45, 7) is 2.71. The number of hydrogen-bond acceptors (Lipinski definition) is 6. The molecule has 1 atom stereocenters. The maximum absolute atomic E-state index is 13.4. The minimum absolute atomic E-state index is 0.125. The topological polar surface area (TPSA) is 95.1 Å². The highest BCUT2D eigenvalue weighted by atomic mass is 32.2. The molecule has 3 aromatic rings. The normalized spacial score (nSPS) is 24.5. The molecule has 6 rings (SSSR count). The van der Waals surface area contributed by atoms with Crippen LogP contribution in [0.25, 0.3) is 10.9 Å². The fourth-order valence-electron chi connectivity index (χ4n) is 5.13. The number of rotatable bonds is 4. The van der Waals surface area contributed by atoms with Crippen LogP contribution in [-0.2, 0) is 10.0 Å². The quantitative estimate of drug-likeness (QED) is 0.688. The molecule has 30 heavy (non-hydrogen) atoms. The molecule has 0 radical (unpaired) electrons. The molecule has 1 unspecified atom stereocenters. The Morgan fingerprint density at radius 2 is 1.93 bits per heavy atom. The highest BCUT2D eigenvalue weighted by Gasteiger charge is 2.58. The second-order valence-electron chi connectivity index (χ2n) is 9.07. The van der Waals surface area contributed by atoms with Gasteiger partial charge in [-0.1, -0.05) is 18.2 Å². The molecular weight excluding hydrogens is 400 g/mol. The van der Waals surface area contributed by atoms with Gasteiger partial charge in [0.05, 0.1) is 5.52 Å². The SMILES string of the molecule is CN1CC(c2nc(C3CC3)n[nH]2)C2(C1)CN(S(=O)(=O)c1cccc3cccnc13)C2. The Morgan fingerprint density at radius 1 is 1.13 bits per heavy atom. The van der Waals surface area contributed by atoms with Crippen molar-refractivity contribution in [1.29, 1.82) is 0 Å². The largest absolute Gasteiger partial charge is 0.305 e. The van der Waals surface area contributed by atoms with Gasteiger partial charge in [-0.25, -0.2) is 13.4 Å². The second kappa shape index (κ2) is 6.32. The van der Waals surface area contributed by atoms with Crippen LogP contribution >= 0.6 is 0 Å². The molecule has 156 valence electrons. The predicted molar refractivity (Wildman–Crippen MR) is 112 cm³/mol. The van der Waals surface area contributed by atoms with Crippen molar-refractivity contribution in [3.8, 4) is 0 Å². The third-order valence-corrected chi connectivity index (χ3v) is 8.63. The Kier molecular flexibility index (Phi) is 3.88. The van der Waals surface area contributed by atoms with Crippen molar-refractivity contribution in [2.24, 2.45) is 5.41 Å². The van der Waals surface area contributed by atoms with Crippen LogP contribution < -0.4 is 0 Å². The number of likely N-dealkylation sites (N-methyl/N-ethyl adjacent to an activating group) is 1. The first-order valence-electron chi connectivity index (χ1n) is 10.4. The van der Waals surface area contributed by atoms with Gasteiger partial charge in [0.1, 0.15) is 10.7 Å². The molecule has 1 aromatic carbocycles. The molecule has 1 saturated carbocycles. The number of pyridine rings is 1. The number of likely N-dealkylation sites (tertiary alicyclic amines) is 1. The van der Waals surface area contributed by atoms with Crippen molar-refractivity contribution in [1.82, 2.24) is 29.4 Å². The average Bonchev–Trinajstić information content (AvgIpc) is 3.33. The lowest BCUT2D eigenvalue weighted by molar-refractivity contribution is 0.0637. The molecule has 3 fully saturated rings. The number of nitrogens with one attached hydrogen (secondary N) is 1. The van der Waals surface area contributed by atoms with Crippen LogP contribution in [0.15, 0.2) is 41.4 Å². The maximum atomic E-state index is 13.4. The van der Waals surface area contributed by atoms with Crippen molar-refractivity contribution >= 4 is 20.9 Å². The molecule has 1 N–H and O–H groups in total. The zero-order chi connectivity index (χ0) is 20.5. The van der Waals surface area contributed by atoms with Crippen molar-refractivity contribution < 1.29 is 8.42 Å². The Bertz CT molecular complexity index is 1220. The molecule has 2 aromatic heterocycles. The summed E-state index contributed by atoms with van der Waals surface area (Å²) < 4.78 is 28.5. The van der Waals surface area contributed by atoms with E-state index in [1.807, 2.05) is 18.2 Å². The third kappa shape index (κ3) is 2.72. The monoisotopic (exact) mass is 424 g/mol. The number of benzene rings is 1. The van der Waals surface area contributed by atoms with Gasteiger partial charge < -0.3 is 4.90 Å². The first-order valence-corrected chi connectivity index (χ1v) is 11.8. The molecule has 1 aliphatic carbocycles. The summed E-state index contributed by atoms with van der Waals surface area (Å²) >= 11 is 0. The zero-order valence-corrected chi connectivity index (χ0v) is 17.6. The molecule has 4 heterocycles. The minimum Gasteiger partial charge on any atom is -0.305 e. The van der Waals surface area contributed by atoms with Crippen LogP contribution in [0, 0.1) is 5.41 Å². The number of fused-ring (bicyclic) bond motifs is 1. The molecule has 2 saturated heterocycles. The molecule has 9 heteroatoms. The van der Waals surface area contributed by atoms with Crippen molar-refractivity contribution in [3.05, 3.63) is 48.2 Å². The Balaban J connectivity index is 1.30. The van der Waals surface area contributed by atoms with Gasteiger partial charge in [-0.15, -0.1) is 0 Å². The molecule has 2 aliphatic heterocycles. The molecule has 8 nitrogen and oxygen atoms in total. The average molecular weight is 425 g/mol. The van der Waals surface area contributed by atoms with Gasteiger partial charge in [0.25, 0.3) is 0 Å². The standard InChI is InChI=1S/C21H24N6O2S/c1-26-10-16(20-23-19(24-25-20)15-7-8-15)21(11-26)12-27(13-21)30(28,29)17-6-2-4-14-5-3-9-22-18(14)17/h2-6,9,15-16H,7-8,10-13H2,1H3,(H,23,24,25). The van der Waals surface area contributed by atoms with Crippen molar-refractivity contribution in [2.75, 3.05) is 33.2 Å². The summed E-state index contributed by atoms with van der Waals surface area (Å²) in [4.78, 5) is 11.7. The fraction of sp³-hybridized carbons (Fsp3) is 0.476. The molecule has 0 amide bonds. The molecule has 1 spiro atoms. The smallest absolute Gasteiger partial charge is 0.245 e. The number of H-pyrrole nitrogens is 1. The first kappa shape index (κ1) is 18.4. The predicted octanol–water partition coefficient (Wildman–Crippen LogP) is 1.95. The van der Waals surface area contributed by atoms with Crippen molar-refractivity contribution in [3.63, 3.8) is 0 Å². The number of sulfonamides is 1. The second-order valence-corrected chi connectivity index (χ2v) is 11.0. The van der Waals surface area contributed by atoms with E-state index in [1.165, 1.54) is 0 Å². The fourth-order valence-corrected chi connectivity index (χ4v) is 6.93. The summed E-state index contributed by atoms with van der Waals surface area (Å²) in [7, 11) is -1.52. The van der Waals surface area contributed by atoms with Crippen molar-refractivity contribution in [2.45, 2.75) is 29.6 Å². The van der Waals surface area contributed by atoms with Crippen LogP contribution in [0.2, 0.25) is 0 Å². The van der Waals surface area contributed by atoms with E-state index in [4.69, 9.17) is 4.98 Å². The number of aromatic amines is 1. The van der Waals surface area contributed by atoms with E-state index in [0.29, 0.717) is 24.5 Å². The van der Waals surface area contributed by atoms with Gasteiger partial charge in [-0.2, -0.15) is 9.40 Å². The number of aromatic nitrogens is 4. The van der Waals surface area contributed by atoms with Crippen LogP contribution in [0.4, 0.5) is 0 Å². The lowest BCUT2D eigenvalue weighted by atomic mass is 9.72. The van der Waals surface area contributed by atoms with Gasteiger partial charge >= 0.3 is 0 Å². The van der Waals surface area contributed by atoms with Gasteiger partial charge in [0, 0.05) is 55.0 Å². The minimum atomic E-state index is -3.61. The maximum Gasteiger partial charge on any atom is 0.245 e. The van der Waals surface area contributed by atoms with E-state index in [0.717, 1.165) is 43.0 Å². The summed E-state index contributed by atoms with van der Waals surface area (Å²) in [5.74, 6) is 2.49. The van der Waals surface area contributed by atoms with E-state index >= 15 is 0 Å². The van der Waals surface area contributed by atoms with E-state index < -0.39 is 10.0 Å².